The maximum absolute atomic E-state index is 13.1. The van der Waals surface area contributed by atoms with E-state index in [0.717, 1.165) is 24.3 Å². The van der Waals surface area contributed by atoms with Gasteiger partial charge in [-0.05, 0) is 48.0 Å². The van der Waals surface area contributed by atoms with E-state index in [4.69, 9.17) is 30.1 Å². The quantitative estimate of drug-likeness (QED) is 0.0428. The minimum atomic E-state index is -5.21. The molecule has 47 heavy (non-hydrogen) atoms. The first kappa shape index (κ1) is 34.9. The minimum absolute atomic E-state index is 0.00104. The molecule has 1 aliphatic carbocycles. The summed E-state index contributed by atoms with van der Waals surface area (Å²) in [5, 5.41) is 28.4. The second kappa shape index (κ2) is 13.8. The summed E-state index contributed by atoms with van der Waals surface area (Å²) < 4.78 is 85.4. The zero-order chi connectivity index (χ0) is 34.7. The maximum Gasteiger partial charge on any atom is 0.336 e. The topological polar surface area (TPSA) is 294 Å². The standard InChI is InChI=1S/C28H27N3O14S2/c29-19-5-3-16-22(17-4-6-20(30)26(47(40,41)42)24(17)45-23(16)25(19)46(37,38)39)18-13-14(1-2-15(18)28(35)36)27(34)31-8-10-44-12-11-43-9-7-21(32)33/h1-6,13,29H,7-12,30H2,(H,31,34)(H,32,33)(H,35,36)(H,37,38,39)(H,40,41,42). The molecule has 8 N–H and O–H groups in total. The van der Waals surface area contributed by atoms with Crippen LogP contribution >= 0.6 is 0 Å². The number of benzene rings is 3. The monoisotopic (exact) mass is 693 g/mol. The Kier molecular flexibility index (Phi) is 10.3. The zero-order valence-electron chi connectivity index (χ0n) is 24.0. The Labute approximate surface area is 265 Å². The van der Waals surface area contributed by atoms with Gasteiger partial charge in [-0.25, -0.2) is 4.79 Å². The fraction of sp³-hybridized carbons (Fsp3) is 0.214. The van der Waals surface area contributed by atoms with E-state index in [1.807, 2.05) is 0 Å². The third kappa shape index (κ3) is 7.73. The van der Waals surface area contributed by atoms with E-state index < -0.39 is 75.8 Å². The summed E-state index contributed by atoms with van der Waals surface area (Å²) in [6, 6.07) is 7.89. The van der Waals surface area contributed by atoms with Crippen LogP contribution in [0.3, 0.4) is 0 Å². The van der Waals surface area contributed by atoms with Crippen LogP contribution in [0.25, 0.3) is 33.4 Å². The van der Waals surface area contributed by atoms with Crippen LogP contribution in [-0.2, 0) is 34.5 Å². The molecule has 0 saturated heterocycles. The molecule has 0 aromatic heterocycles. The molecular formula is C28H27N3O14S2. The van der Waals surface area contributed by atoms with E-state index in [-0.39, 0.29) is 67.0 Å². The lowest BCUT2D eigenvalue weighted by Crippen LogP contribution is -2.27. The first-order valence-corrected chi connectivity index (χ1v) is 16.2. The number of nitrogens with two attached hydrogens (primary N) is 1. The van der Waals surface area contributed by atoms with Crippen LogP contribution in [-0.4, -0.2) is 87.0 Å². The van der Waals surface area contributed by atoms with Gasteiger partial charge in [0, 0.05) is 28.6 Å². The van der Waals surface area contributed by atoms with Crippen molar-refractivity contribution in [3.05, 3.63) is 58.9 Å². The number of ether oxygens (including phenoxy) is 2. The van der Waals surface area contributed by atoms with Crippen LogP contribution in [0.5, 0.6) is 0 Å². The van der Waals surface area contributed by atoms with Crippen LogP contribution in [0.2, 0.25) is 0 Å². The molecule has 1 heterocycles. The molecule has 250 valence electrons. The summed E-state index contributed by atoms with van der Waals surface area (Å²) in [6.45, 7) is 0.292. The third-order valence-corrected chi connectivity index (χ3v) is 8.52. The van der Waals surface area contributed by atoms with Crippen molar-refractivity contribution in [2.45, 2.75) is 16.2 Å². The molecule has 0 fully saturated rings. The van der Waals surface area contributed by atoms with Crippen LogP contribution in [0, 0.1) is 5.41 Å². The first-order chi connectivity index (χ1) is 22.0. The van der Waals surface area contributed by atoms with Crippen molar-refractivity contribution in [2.75, 3.05) is 38.7 Å². The highest BCUT2D eigenvalue weighted by atomic mass is 32.2. The van der Waals surface area contributed by atoms with Crippen molar-refractivity contribution in [2.24, 2.45) is 0 Å². The highest BCUT2D eigenvalue weighted by Crippen LogP contribution is 2.45. The lowest BCUT2D eigenvalue weighted by Gasteiger charge is -2.20. The van der Waals surface area contributed by atoms with Gasteiger partial charge in [-0.1, -0.05) is 0 Å². The Morgan fingerprint density at radius 1 is 0.851 bits per heavy atom. The van der Waals surface area contributed by atoms with Gasteiger partial charge < -0.3 is 35.2 Å². The van der Waals surface area contributed by atoms with Gasteiger partial charge in [0.15, 0.2) is 21.1 Å². The number of amides is 1. The van der Waals surface area contributed by atoms with E-state index >= 15 is 0 Å². The summed E-state index contributed by atoms with van der Waals surface area (Å²) in [5.74, 6) is -3.94. The number of carboxylic acids is 2. The van der Waals surface area contributed by atoms with Crippen LogP contribution in [0.15, 0.2) is 56.7 Å². The highest BCUT2D eigenvalue weighted by molar-refractivity contribution is 7.86. The summed E-state index contributed by atoms with van der Waals surface area (Å²) in [7, 11) is -10.4. The van der Waals surface area contributed by atoms with Crippen molar-refractivity contribution < 1.29 is 64.4 Å². The summed E-state index contributed by atoms with van der Waals surface area (Å²) in [4.78, 5) is 33.8. The van der Waals surface area contributed by atoms with Gasteiger partial charge in [-0.15, -0.1) is 0 Å². The predicted molar refractivity (Wildman–Crippen MR) is 161 cm³/mol. The average molecular weight is 694 g/mol. The number of carbonyl (C=O) groups is 3. The third-order valence-electron chi connectivity index (χ3n) is 6.66. The Balaban J connectivity index is 1.83. The van der Waals surface area contributed by atoms with Crippen molar-refractivity contribution in [3.63, 3.8) is 0 Å². The van der Waals surface area contributed by atoms with Crippen molar-refractivity contribution in [3.8, 4) is 22.5 Å². The second-order valence-electron chi connectivity index (χ2n) is 9.80. The SMILES string of the molecule is N=c1ccc2c(-c3cc(C(=O)NCCOCCOCCC(=O)O)ccc3C(=O)O)c3ccc(N)c(S(=O)(=O)O)c3oc-2c1S(=O)(=O)O. The molecule has 17 nitrogen and oxygen atoms in total. The number of carboxylic acid groups (broad SMARTS) is 2. The fourth-order valence-corrected chi connectivity index (χ4v) is 6.18. The number of nitrogen functional groups attached to an aromatic ring is 1. The number of anilines is 1. The van der Waals surface area contributed by atoms with Crippen LogP contribution in [0.4, 0.5) is 5.69 Å². The summed E-state index contributed by atoms with van der Waals surface area (Å²) in [6.07, 6.45) is -0.162. The molecular weight excluding hydrogens is 666 g/mol. The van der Waals surface area contributed by atoms with Gasteiger partial charge in [0.2, 0.25) is 0 Å². The normalized spacial score (nSPS) is 12.0. The van der Waals surface area contributed by atoms with E-state index in [1.165, 1.54) is 18.2 Å². The number of aromatic carboxylic acids is 1. The summed E-state index contributed by atoms with van der Waals surface area (Å²) >= 11 is 0. The maximum atomic E-state index is 13.1. The molecule has 0 radical (unpaired) electrons. The number of fused-ring (bicyclic) bond motifs is 2. The first-order valence-electron chi connectivity index (χ1n) is 13.4. The Bertz CT molecular complexity index is 2140. The molecule has 1 aliphatic heterocycles. The molecule has 4 rings (SSSR count). The Hall–Kier alpha value is -4.92. The van der Waals surface area contributed by atoms with E-state index in [0.29, 0.717) is 0 Å². The number of nitrogens with one attached hydrogen (secondary N) is 2. The number of hydrogen-bond donors (Lipinski definition) is 7. The molecule has 2 aromatic carbocycles. The minimum Gasteiger partial charge on any atom is -0.481 e. The van der Waals surface area contributed by atoms with Gasteiger partial charge in [0.05, 0.1) is 49.5 Å². The van der Waals surface area contributed by atoms with Gasteiger partial charge in [-0.2, -0.15) is 16.8 Å². The van der Waals surface area contributed by atoms with E-state index in [9.17, 15) is 45.4 Å². The zero-order valence-corrected chi connectivity index (χ0v) is 25.7. The van der Waals surface area contributed by atoms with E-state index in [1.54, 1.807) is 0 Å². The Morgan fingerprint density at radius 2 is 1.51 bits per heavy atom. The molecule has 0 spiro atoms. The fourth-order valence-electron chi connectivity index (χ4n) is 4.70. The van der Waals surface area contributed by atoms with Crippen molar-refractivity contribution >= 4 is 54.7 Å². The predicted octanol–water partition coefficient (Wildman–Crippen LogP) is 1.70. The second-order valence-corrected chi connectivity index (χ2v) is 12.5. The highest BCUT2D eigenvalue weighted by Gasteiger charge is 2.32. The molecule has 19 heteroatoms. The largest absolute Gasteiger partial charge is 0.481 e. The van der Waals surface area contributed by atoms with Crippen LogP contribution in [0.1, 0.15) is 27.1 Å². The van der Waals surface area contributed by atoms with Gasteiger partial charge in [0.25, 0.3) is 26.1 Å². The number of carbonyl (C=O) groups excluding carboxylic acids is 1. The van der Waals surface area contributed by atoms with Gasteiger partial charge in [-0.3, -0.25) is 24.1 Å². The molecule has 0 bridgehead atoms. The average Bonchev–Trinajstić information content (AvgIpc) is 2.96. The van der Waals surface area contributed by atoms with Gasteiger partial charge in [0.1, 0.15) is 0 Å². The number of aliphatic carboxylic acids is 1. The van der Waals surface area contributed by atoms with Crippen LogP contribution < -0.4 is 16.4 Å². The Morgan fingerprint density at radius 3 is 2.13 bits per heavy atom. The molecule has 0 unspecified atom stereocenters. The van der Waals surface area contributed by atoms with E-state index in [2.05, 4.69) is 5.32 Å². The molecule has 2 aromatic rings. The lowest BCUT2D eigenvalue weighted by atomic mass is 9.89. The summed E-state index contributed by atoms with van der Waals surface area (Å²) in [5.41, 5.74) is 3.46. The molecule has 2 aliphatic rings. The smallest absolute Gasteiger partial charge is 0.336 e. The van der Waals surface area contributed by atoms with Gasteiger partial charge >= 0.3 is 11.9 Å². The lowest BCUT2D eigenvalue weighted by molar-refractivity contribution is -0.138. The van der Waals surface area contributed by atoms with Crippen molar-refractivity contribution in [1.29, 1.82) is 5.41 Å². The molecule has 1 amide bonds. The van der Waals surface area contributed by atoms with Crippen molar-refractivity contribution in [1.82, 2.24) is 5.32 Å². The molecule has 0 atom stereocenters. The number of hydrogen-bond acceptors (Lipinski definition) is 12. The molecule has 0 saturated carbocycles. The number of rotatable bonds is 14.